The van der Waals surface area contributed by atoms with E-state index in [9.17, 15) is 9.18 Å². The van der Waals surface area contributed by atoms with Gasteiger partial charge in [-0.3, -0.25) is 4.79 Å². The summed E-state index contributed by atoms with van der Waals surface area (Å²) in [5.74, 6) is 0.714. The van der Waals surface area contributed by atoms with Crippen molar-refractivity contribution in [1.29, 1.82) is 0 Å². The molecule has 1 heterocycles. The lowest BCUT2D eigenvalue weighted by Crippen LogP contribution is -2.30. The fourth-order valence-electron chi connectivity index (χ4n) is 3.99. The SMILES string of the molecule is C=CCc1cc(/C=C2\S[C@@H](Nc3ccc(CC)cc3)NC2=O)cc(OCC)c1OCc1cccc(F)c1. The van der Waals surface area contributed by atoms with Gasteiger partial charge in [0.1, 0.15) is 12.4 Å². The van der Waals surface area contributed by atoms with Gasteiger partial charge in [-0.05, 0) is 78.9 Å². The molecule has 37 heavy (non-hydrogen) atoms. The summed E-state index contributed by atoms with van der Waals surface area (Å²) in [5, 5.41) is 6.33. The summed E-state index contributed by atoms with van der Waals surface area (Å²) in [5.41, 5.74) is 4.36. The van der Waals surface area contributed by atoms with Crippen molar-refractivity contribution in [2.45, 2.75) is 38.8 Å². The molecule has 3 aromatic rings. The quantitative estimate of drug-likeness (QED) is 0.219. The van der Waals surface area contributed by atoms with E-state index >= 15 is 0 Å². The van der Waals surface area contributed by atoms with Crippen molar-refractivity contribution in [2.75, 3.05) is 11.9 Å². The first-order valence-electron chi connectivity index (χ1n) is 12.3. The minimum Gasteiger partial charge on any atom is -0.490 e. The van der Waals surface area contributed by atoms with E-state index < -0.39 is 0 Å². The summed E-state index contributed by atoms with van der Waals surface area (Å²) in [4.78, 5) is 13.3. The molecule has 1 fully saturated rings. The first-order valence-corrected chi connectivity index (χ1v) is 13.2. The number of benzene rings is 3. The van der Waals surface area contributed by atoms with Crippen molar-refractivity contribution < 1.29 is 18.7 Å². The van der Waals surface area contributed by atoms with Crippen LogP contribution < -0.4 is 20.1 Å². The van der Waals surface area contributed by atoms with Gasteiger partial charge in [-0.25, -0.2) is 4.39 Å². The van der Waals surface area contributed by atoms with E-state index in [4.69, 9.17) is 9.47 Å². The molecule has 5 nitrogen and oxygen atoms in total. The number of hydrogen-bond donors (Lipinski definition) is 2. The van der Waals surface area contributed by atoms with Crippen molar-refractivity contribution in [3.63, 3.8) is 0 Å². The van der Waals surface area contributed by atoms with E-state index in [0.29, 0.717) is 29.4 Å². The third-order valence-corrected chi connectivity index (χ3v) is 6.81. The summed E-state index contributed by atoms with van der Waals surface area (Å²) in [6.45, 7) is 8.54. The van der Waals surface area contributed by atoms with Gasteiger partial charge < -0.3 is 20.1 Å². The normalized spacial score (nSPS) is 15.9. The highest BCUT2D eigenvalue weighted by atomic mass is 32.2. The zero-order valence-electron chi connectivity index (χ0n) is 21.1. The molecule has 1 saturated heterocycles. The number of allylic oxidation sites excluding steroid dienone is 1. The Morgan fingerprint density at radius 1 is 1.08 bits per heavy atom. The monoisotopic (exact) mass is 518 g/mol. The predicted octanol–water partition coefficient (Wildman–Crippen LogP) is 6.69. The molecule has 2 N–H and O–H groups in total. The van der Waals surface area contributed by atoms with Crippen molar-refractivity contribution in [3.05, 3.63) is 106 Å². The highest BCUT2D eigenvalue weighted by molar-refractivity contribution is 8.05. The predicted molar refractivity (Wildman–Crippen MR) is 149 cm³/mol. The number of nitrogens with one attached hydrogen (secondary N) is 2. The molecule has 0 saturated carbocycles. The lowest BCUT2D eigenvalue weighted by Gasteiger charge is -2.17. The molecule has 0 aliphatic carbocycles. The number of halogens is 1. The molecule has 192 valence electrons. The van der Waals surface area contributed by atoms with E-state index in [-0.39, 0.29) is 23.8 Å². The van der Waals surface area contributed by atoms with Crippen LogP contribution in [-0.4, -0.2) is 18.0 Å². The lowest BCUT2D eigenvalue weighted by molar-refractivity contribution is -0.116. The molecule has 0 radical (unpaired) electrons. The molecule has 1 aliphatic heterocycles. The fourth-order valence-corrected chi connectivity index (χ4v) is 4.97. The summed E-state index contributed by atoms with van der Waals surface area (Å²) in [6, 6.07) is 18.3. The average Bonchev–Trinajstić information content (AvgIpc) is 3.22. The maximum atomic E-state index is 13.6. The second-order valence-corrected chi connectivity index (χ2v) is 9.67. The minimum atomic E-state index is -0.308. The van der Waals surface area contributed by atoms with Gasteiger partial charge in [0, 0.05) is 11.3 Å². The summed E-state index contributed by atoms with van der Waals surface area (Å²) >= 11 is 1.43. The van der Waals surface area contributed by atoms with E-state index in [1.807, 2.05) is 43.3 Å². The molecule has 0 bridgehead atoms. The summed E-state index contributed by atoms with van der Waals surface area (Å²) in [7, 11) is 0. The van der Waals surface area contributed by atoms with Crippen LogP contribution in [0.25, 0.3) is 6.08 Å². The highest BCUT2D eigenvalue weighted by Gasteiger charge is 2.27. The largest absolute Gasteiger partial charge is 0.490 e. The molecular formula is C30H31FN2O3S. The Kier molecular flexibility index (Phi) is 8.90. The number of thioether (sulfide) groups is 1. The van der Waals surface area contributed by atoms with Gasteiger partial charge in [-0.15, -0.1) is 6.58 Å². The lowest BCUT2D eigenvalue weighted by atomic mass is 10.0. The highest BCUT2D eigenvalue weighted by Crippen LogP contribution is 2.37. The van der Waals surface area contributed by atoms with Gasteiger partial charge in [0.2, 0.25) is 0 Å². The van der Waals surface area contributed by atoms with Crippen LogP contribution in [0.15, 0.2) is 78.2 Å². The number of amides is 1. The third-order valence-electron chi connectivity index (χ3n) is 5.78. The van der Waals surface area contributed by atoms with Crippen molar-refractivity contribution in [1.82, 2.24) is 5.32 Å². The number of rotatable bonds is 11. The number of aryl methyl sites for hydroxylation is 1. The van der Waals surface area contributed by atoms with Crippen LogP contribution in [0.3, 0.4) is 0 Å². The Hall–Kier alpha value is -3.71. The Balaban J connectivity index is 1.55. The van der Waals surface area contributed by atoms with Crippen LogP contribution in [0.5, 0.6) is 11.5 Å². The third kappa shape index (κ3) is 6.95. The average molecular weight is 519 g/mol. The van der Waals surface area contributed by atoms with Crippen LogP contribution in [0.4, 0.5) is 10.1 Å². The molecule has 1 amide bonds. The number of carbonyl (C=O) groups is 1. The number of hydrogen-bond acceptors (Lipinski definition) is 5. The van der Waals surface area contributed by atoms with Crippen LogP contribution in [-0.2, 0) is 24.2 Å². The van der Waals surface area contributed by atoms with Crippen molar-refractivity contribution >= 4 is 29.4 Å². The topological polar surface area (TPSA) is 59.6 Å². The van der Waals surface area contributed by atoms with Gasteiger partial charge in [0.15, 0.2) is 17.0 Å². The minimum absolute atomic E-state index is 0.137. The van der Waals surface area contributed by atoms with Crippen molar-refractivity contribution in [2.24, 2.45) is 0 Å². The Bertz CT molecular complexity index is 1290. The second-order valence-electron chi connectivity index (χ2n) is 8.53. The van der Waals surface area contributed by atoms with Gasteiger partial charge in [0.05, 0.1) is 11.5 Å². The number of anilines is 1. The number of carbonyl (C=O) groups excluding carboxylic acids is 1. The van der Waals surface area contributed by atoms with E-state index in [0.717, 1.165) is 28.8 Å². The molecule has 7 heteroatoms. The van der Waals surface area contributed by atoms with Crippen LogP contribution in [0.1, 0.15) is 36.1 Å². The van der Waals surface area contributed by atoms with Crippen molar-refractivity contribution in [3.8, 4) is 11.5 Å². The van der Waals surface area contributed by atoms with Gasteiger partial charge in [0.25, 0.3) is 5.91 Å². The Morgan fingerprint density at radius 3 is 2.59 bits per heavy atom. The second kappa shape index (κ2) is 12.5. The van der Waals surface area contributed by atoms with Gasteiger partial charge >= 0.3 is 0 Å². The molecule has 3 aromatic carbocycles. The molecule has 1 atom stereocenters. The standard InChI is InChI=1S/C30H31FN2O3S/c1-4-8-23-15-22(17-26(35-6-3)28(23)36-19-21-9-7-10-24(31)16-21)18-27-29(34)33-30(37-27)32-25-13-11-20(5-2)12-14-25/h4,7,9-18,30,32H,1,5-6,8,19H2,2-3H3,(H,33,34)/b27-18-/t30-/m0/s1. The zero-order chi connectivity index (χ0) is 26.2. The van der Waals surface area contributed by atoms with Crippen LogP contribution >= 0.6 is 11.8 Å². The molecule has 0 unspecified atom stereocenters. The maximum Gasteiger partial charge on any atom is 0.260 e. The molecular weight excluding hydrogens is 487 g/mol. The smallest absolute Gasteiger partial charge is 0.260 e. The number of ether oxygens (including phenoxy) is 2. The zero-order valence-corrected chi connectivity index (χ0v) is 21.9. The first-order chi connectivity index (χ1) is 18.0. The van der Waals surface area contributed by atoms with E-state index in [1.165, 1.54) is 29.5 Å². The van der Waals surface area contributed by atoms with E-state index in [1.54, 1.807) is 12.1 Å². The summed E-state index contributed by atoms with van der Waals surface area (Å²) < 4.78 is 25.6. The van der Waals surface area contributed by atoms with Gasteiger partial charge in [-0.2, -0.15) is 0 Å². The van der Waals surface area contributed by atoms with Crippen LogP contribution in [0.2, 0.25) is 0 Å². The Morgan fingerprint density at radius 2 is 1.89 bits per heavy atom. The Labute approximate surface area is 221 Å². The fraction of sp³-hybridized carbons (Fsp3) is 0.233. The van der Waals surface area contributed by atoms with Crippen LogP contribution in [0, 0.1) is 5.82 Å². The first kappa shape index (κ1) is 26.4. The maximum absolute atomic E-state index is 13.6. The van der Waals surface area contributed by atoms with E-state index in [2.05, 4.69) is 36.3 Å². The molecule has 1 aliphatic rings. The molecule has 4 rings (SSSR count). The molecule has 0 aromatic heterocycles. The molecule has 0 spiro atoms. The summed E-state index contributed by atoms with van der Waals surface area (Å²) in [6.07, 6.45) is 5.17. The van der Waals surface area contributed by atoms with Gasteiger partial charge in [-0.1, -0.05) is 49.0 Å².